The van der Waals surface area contributed by atoms with Crippen LogP contribution in [0.4, 0.5) is 8.78 Å². The molecule has 0 saturated heterocycles. The Morgan fingerprint density at radius 1 is 1.35 bits per heavy atom. The molecule has 2 N–H and O–H groups in total. The van der Waals surface area contributed by atoms with E-state index in [-0.39, 0.29) is 35.8 Å². The maximum Gasteiger partial charge on any atom is 0.272 e. The van der Waals surface area contributed by atoms with E-state index in [1.165, 1.54) is 6.26 Å². The number of nitrogens with one attached hydrogen (secondary N) is 2. The Kier molecular flexibility index (Phi) is 11.7. The van der Waals surface area contributed by atoms with Gasteiger partial charge in [0, 0.05) is 25.9 Å². The summed E-state index contributed by atoms with van der Waals surface area (Å²) in [5.74, 6) is 1.01. The zero-order valence-corrected chi connectivity index (χ0v) is 18.2. The van der Waals surface area contributed by atoms with Crippen LogP contribution in [0.15, 0.2) is 29.3 Å². The van der Waals surface area contributed by atoms with Crippen LogP contribution >= 0.6 is 24.0 Å². The van der Waals surface area contributed by atoms with Gasteiger partial charge in [0.1, 0.15) is 22.2 Å². The van der Waals surface area contributed by atoms with Crippen LogP contribution in [0, 0.1) is 0 Å². The molecule has 1 rings (SSSR count). The molecule has 0 radical (unpaired) electrons. The molecule has 0 aliphatic carbocycles. The summed E-state index contributed by atoms with van der Waals surface area (Å²) in [7, 11) is -1.39. The van der Waals surface area contributed by atoms with Gasteiger partial charge < -0.3 is 15.4 Å². The normalized spacial score (nSPS) is 13.1. The fourth-order valence-corrected chi connectivity index (χ4v) is 2.76. The Morgan fingerprint density at radius 3 is 2.62 bits per heavy atom. The van der Waals surface area contributed by atoms with Crippen molar-refractivity contribution in [1.82, 2.24) is 10.6 Å². The van der Waals surface area contributed by atoms with Gasteiger partial charge in [0.05, 0.1) is 5.75 Å². The maximum atomic E-state index is 12.2. The second-order valence-corrected chi connectivity index (χ2v) is 8.00. The standard InChI is InChI=1S/C16H25F2N3O3S.HI/c1-12(7-8-25(3,22)23)21-16(19-2)20-10-13-5-4-6-14(9-13)24-11-15(17)18;/h4-6,9,12,15H,7-8,10-11H2,1-3H3,(H2,19,20,21);1H. The van der Waals surface area contributed by atoms with Gasteiger partial charge in [-0.3, -0.25) is 4.99 Å². The second kappa shape index (κ2) is 12.3. The molecule has 0 spiro atoms. The molecule has 1 aromatic rings. The molecular weight excluding hydrogens is 479 g/mol. The third-order valence-corrected chi connectivity index (χ3v) is 4.24. The molecule has 0 fully saturated rings. The van der Waals surface area contributed by atoms with E-state index < -0.39 is 22.9 Å². The fraction of sp³-hybridized carbons (Fsp3) is 0.562. The average Bonchev–Trinajstić information content (AvgIpc) is 2.54. The number of halogens is 3. The highest BCUT2D eigenvalue weighted by Crippen LogP contribution is 2.14. The molecule has 0 heterocycles. The number of guanidine groups is 1. The van der Waals surface area contributed by atoms with Gasteiger partial charge in [0.2, 0.25) is 0 Å². The lowest BCUT2D eigenvalue weighted by Gasteiger charge is -2.18. The van der Waals surface area contributed by atoms with Crippen molar-refractivity contribution in [2.75, 3.05) is 25.7 Å². The van der Waals surface area contributed by atoms with Crippen LogP contribution in [-0.4, -0.2) is 52.5 Å². The van der Waals surface area contributed by atoms with Crippen LogP contribution < -0.4 is 15.4 Å². The first-order chi connectivity index (χ1) is 11.7. The van der Waals surface area contributed by atoms with Gasteiger partial charge in [-0.15, -0.1) is 24.0 Å². The van der Waals surface area contributed by atoms with E-state index in [0.717, 1.165) is 5.56 Å². The SMILES string of the molecule is CN=C(NCc1cccc(OCC(F)F)c1)NC(C)CCS(C)(=O)=O.I. The first-order valence-electron chi connectivity index (χ1n) is 7.84. The fourth-order valence-electron chi connectivity index (χ4n) is 1.98. The van der Waals surface area contributed by atoms with Gasteiger partial charge in [-0.25, -0.2) is 17.2 Å². The van der Waals surface area contributed by atoms with Gasteiger partial charge in [0.25, 0.3) is 6.43 Å². The number of sulfone groups is 1. The van der Waals surface area contributed by atoms with Crippen LogP contribution in [0.25, 0.3) is 0 Å². The number of hydrogen-bond donors (Lipinski definition) is 2. The molecule has 1 atom stereocenters. The van der Waals surface area contributed by atoms with E-state index in [1.54, 1.807) is 25.2 Å². The van der Waals surface area contributed by atoms with Crippen molar-refractivity contribution < 1.29 is 21.9 Å². The van der Waals surface area contributed by atoms with Crippen LogP contribution in [0.1, 0.15) is 18.9 Å². The van der Waals surface area contributed by atoms with Crippen LogP contribution in [0.2, 0.25) is 0 Å². The molecule has 0 aromatic heterocycles. The number of benzene rings is 1. The Balaban J connectivity index is 0.00000625. The van der Waals surface area contributed by atoms with Gasteiger partial charge in [0.15, 0.2) is 5.96 Å². The Labute approximate surface area is 170 Å². The molecule has 150 valence electrons. The van der Waals surface area contributed by atoms with Gasteiger partial charge in [-0.05, 0) is 31.0 Å². The molecule has 0 bridgehead atoms. The first-order valence-corrected chi connectivity index (χ1v) is 9.90. The summed E-state index contributed by atoms with van der Waals surface area (Å²) in [6.45, 7) is 1.65. The first kappa shape index (κ1) is 24.8. The lowest BCUT2D eigenvalue weighted by molar-refractivity contribution is 0.0818. The summed E-state index contributed by atoms with van der Waals surface area (Å²) in [4.78, 5) is 4.08. The average molecular weight is 505 g/mol. The maximum absolute atomic E-state index is 12.2. The molecule has 10 heteroatoms. The summed E-state index contributed by atoms with van der Waals surface area (Å²) in [6.07, 6.45) is -0.843. The van der Waals surface area contributed by atoms with Crippen LogP contribution in [0.3, 0.4) is 0 Å². The molecule has 26 heavy (non-hydrogen) atoms. The second-order valence-electron chi connectivity index (χ2n) is 5.74. The lowest BCUT2D eigenvalue weighted by Crippen LogP contribution is -2.42. The monoisotopic (exact) mass is 505 g/mol. The smallest absolute Gasteiger partial charge is 0.272 e. The molecule has 0 saturated carbocycles. The van der Waals surface area contributed by atoms with E-state index in [9.17, 15) is 17.2 Å². The number of rotatable bonds is 9. The summed E-state index contributed by atoms with van der Waals surface area (Å²) in [6, 6.07) is 6.79. The molecule has 0 aliphatic heterocycles. The van der Waals surface area contributed by atoms with Crippen molar-refractivity contribution in [3.8, 4) is 5.75 Å². The summed E-state index contributed by atoms with van der Waals surface area (Å²) >= 11 is 0. The van der Waals surface area contributed by atoms with Crippen molar-refractivity contribution in [3.05, 3.63) is 29.8 Å². The third kappa shape index (κ3) is 11.4. The number of nitrogens with zero attached hydrogens (tertiary/aromatic N) is 1. The highest BCUT2D eigenvalue weighted by atomic mass is 127. The third-order valence-electron chi connectivity index (χ3n) is 3.26. The van der Waals surface area contributed by atoms with E-state index in [4.69, 9.17) is 4.74 Å². The molecular formula is C16H26F2IN3O3S. The van der Waals surface area contributed by atoms with E-state index in [0.29, 0.717) is 24.7 Å². The van der Waals surface area contributed by atoms with E-state index in [2.05, 4.69) is 15.6 Å². The minimum atomic E-state index is -3.00. The van der Waals surface area contributed by atoms with Crippen LogP contribution in [-0.2, 0) is 16.4 Å². The number of aliphatic imine (C=N–C) groups is 1. The van der Waals surface area contributed by atoms with Gasteiger partial charge in [-0.2, -0.15) is 0 Å². The Hall–Kier alpha value is -1.17. The molecule has 6 nitrogen and oxygen atoms in total. The zero-order valence-electron chi connectivity index (χ0n) is 15.0. The van der Waals surface area contributed by atoms with Crippen molar-refractivity contribution in [3.63, 3.8) is 0 Å². The summed E-state index contributed by atoms with van der Waals surface area (Å²) in [5.41, 5.74) is 0.846. The number of hydrogen-bond acceptors (Lipinski definition) is 4. The van der Waals surface area contributed by atoms with E-state index >= 15 is 0 Å². The number of alkyl halides is 2. The van der Waals surface area contributed by atoms with Crippen molar-refractivity contribution in [2.24, 2.45) is 4.99 Å². The zero-order chi connectivity index (χ0) is 18.9. The Bertz CT molecular complexity index is 672. The lowest BCUT2D eigenvalue weighted by atomic mass is 10.2. The Morgan fingerprint density at radius 2 is 2.04 bits per heavy atom. The van der Waals surface area contributed by atoms with E-state index in [1.807, 2.05) is 13.0 Å². The predicted molar refractivity (Wildman–Crippen MR) is 110 cm³/mol. The summed E-state index contributed by atoms with van der Waals surface area (Å²) in [5, 5.41) is 6.20. The topological polar surface area (TPSA) is 79.8 Å². The highest BCUT2D eigenvalue weighted by molar-refractivity contribution is 14.0. The van der Waals surface area contributed by atoms with Gasteiger partial charge >= 0.3 is 0 Å². The predicted octanol–water partition coefficient (Wildman–Crippen LogP) is 2.44. The minimum absolute atomic E-state index is 0. The quantitative estimate of drug-likeness (QED) is 0.306. The molecule has 1 aromatic carbocycles. The van der Waals surface area contributed by atoms with Crippen LogP contribution in [0.5, 0.6) is 5.75 Å². The van der Waals surface area contributed by atoms with Gasteiger partial charge in [-0.1, -0.05) is 12.1 Å². The molecule has 1 unspecified atom stereocenters. The largest absolute Gasteiger partial charge is 0.488 e. The summed E-state index contributed by atoms with van der Waals surface area (Å²) < 4.78 is 51.7. The highest BCUT2D eigenvalue weighted by Gasteiger charge is 2.10. The van der Waals surface area contributed by atoms with Crippen molar-refractivity contribution >= 4 is 39.8 Å². The molecule has 0 aliphatic rings. The minimum Gasteiger partial charge on any atom is -0.488 e. The van der Waals surface area contributed by atoms with Crippen molar-refractivity contribution in [1.29, 1.82) is 0 Å². The molecule has 0 amide bonds. The van der Waals surface area contributed by atoms with Crippen molar-refractivity contribution in [2.45, 2.75) is 32.4 Å². The number of ether oxygens (including phenoxy) is 1.